The van der Waals surface area contributed by atoms with Crippen molar-refractivity contribution in [3.63, 3.8) is 0 Å². The van der Waals surface area contributed by atoms with Crippen LogP contribution in [0.25, 0.3) is 22.5 Å². The average Bonchev–Trinajstić information content (AvgIpc) is 3.45. The molecule has 0 atom stereocenters. The largest absolute Gasteiger partial charge is 0.308 e. The van der Waals surface area contributed by atoms with Crippen molar-refractivity contribution in [1.29, 1.82) is 0 Å². The molecule has 2 aromatic heterocycles. The minimum atomic E-state index is -3.04. The summed E-state index contributed by atoms with van der Waals surface area (Å²) in [5, 5.41) is 18.5. The Labute approximate surface area is 191 Å². The van der Waals surface area contributed by atoms with Crippen molar-refractivity contribution in [2.45, 2.75) is 58.4 Å². The molecule has 0 amide bonds. The van der Waals surface area contributed by atoms with Crippen molar-refractivity contribution in [1.82, 2.24) is 35.4 Å². The van der Waals surface area contributed by atoms with Crippen molar-refractivity contribution in [2.24, 2.45) is 0 Å². The molecule has 1 N–H and O–H groups in total. The molecule has 0 aliphatic rings. The Morgan fingerprint density at radius 2 is 1.67 bits per heavy atom. The summed E-state index contributed by atoms with van der Waals surface area (Å²) in [7, 11) is 0. The standard InChI is InChI=1S/C24H27F2N7/c1-5-14-24(25,26)21-27-22(23(2,3)4)33(30-21)15-16-10-12-17(13-11-16)18-8-6-7-9-19(18)20-28-31-32-29-20/h6-13H,5,14-15H2,1-4H3,(H,28,29,31,32). The summed E-state index contributed by atoms with van der Waals surface area (Å²) in [5.41, 5.74) is 3.36. The molecular formula is C24H27F2N7. The highest BCUT2D eigenvalue weighted by Gasteiger charge is 2.37. The number of H-pyrrole nitrogens is 1. The molecule has 33 heavy (non-hydrogen) atoms. The maximum Gasteiger partial charge on any atom is 0.308 e. The minimum absolute atomic E-state index is 0.269. The van der Waals surface area contributed by atoms with Gasteiger partial charge in [0.05, 0.1) is 6.54 Å². The number of halogens is 2. The predicted octanol–water partition coefficient (Wildman–Crippen LogP) is 5.36. The second kappa shape index (κ2) is 8.80. The van der Waals surface area contributed by atoms with Gasteiger partial charge >= 0.3 is 5.92 Å². The number of nitrogens with zero attached hydrogens (tertiary/aromatic N) is 6. The molecule has 0 aliphatic carbocycles. The number of tetrazole rings is 1. The molecule has 0 spiro atoms. The van der Waals surface area contributed by atoms with Gasteiger partial charge in [0.25, 0.3) is 0 Å². The van der Waals surface area contributed by atoms with Crippen LogP contribution in [0.2, 0.25) is 0 Å². The van der Waals surface area contributed by atoms with Crippen molar-refractivity contribution >= 4 is 0 Å². The Morgan fingerprint density at radius 3 is 2.27 bits per heavy atom. The molecule has 4 aromatic rings. The molecule has 2 heterocycles. The zero-order valence-electron chi connectivity index (χ0n) is 19.2. The molecule has 0 unspecified atom stereocenters. The van der Waals surface area contributed by atoms with E-state index in [9.17, 15) is 8.78 Å². The zero-order chi connectivity index (χ0) is 23.6. The summed E-state index contributed by atoms with van der Waals surface area (Å²) in [6.45, 7) is 7.94. The predicted molar refractivity (Wildman–Crippen MR) is 122 cm³/mol. The third-order valence-corrected chi connectivity index (χ3v) is 5.34. The number of hydrogen-bond acceptors (Lipinski definition) is 5. The first-order valence-electron chi connectivity index (χ1n) is 10.9. The summed E-state index contributed by atoms with van der Waals surface area (Å²) >= 11 is 0. The van der Waals surface area contributed by atoms with E-state index >= 15 is 0 Å². The van der Waals surface area contributed by atoms with E-state index < -0.39 is 17.2 Å². The molecule has 0 aliphatic heterocycles. The molecule has 0 bridgehead atoms. The van der Waals surface area contributed by atoms with Crippen LogP contribution in [0.5, 0.6) is 0 Å². The van der Waals surface area contributed by atoms with E-state index in [1.807, 2.05) is 69.3 Å². The zero-order valence-corrected chi connectivity index (χ0v) is 19.2. The molecule has 0 saturated heterocycles. The van der Waals surface area contributed by atoms with Gasteiger partial charge in [-0.15, -0.1) is 15.3 Å². The quantitative estimate of drug-likeness (QED) is 0.409. The van der Waals surface area contributed by atoms with Gasteiger partial charge in [-0.25, -0.2) is 9.67 Å². The normalized spacial score (nSPS) is 12.3. The van der Waals surface area contributed by atoms with Crippen molar-refractivity contribution < 1.29 is 8.78 Å². The van der Waals surface area contributed by atoms with E-state index in [2.05, 4.69) is 30.7 Å². The van der Waals surface area contributed by atoms with E-state index in [0.717, 1.165) is 22.3 Å². The Hall–Kier alpha value is -3.49. The summed E-state index contributed by atoms with van der Waals surface area (Å²) in [6, 6.07) is 15.8. The SMILES string of the molecule is CCCC(F)(F)c1nc(C(C)(C)C)n(Cc2ccc(-c3ccccc3-c3nn[nH]n3)cc2)n1. The van der Waals surface area contributed by atoms with Crippen LogP contribution < -0.4 is 0 Å². The van der Waals surface area contributed by atoms with Gasteiger partial charge in [0.1, 0.15) is 5.82 Å². The van der Waals surface area contributed by atoms with Crippen LogP contribution in [0.3, 0.4) is 0 Å². The number of hydrogen-bond donors (Lipinski definition) is 1. The lowest BCUT2D eigenvalue weighted by atomic mass is 9.95. The second-order valence-electron chi connectivity index (χ2n) is 9.10. The topological polar surface area (TPSA) is 85.2 Å². The van der Waals surface area contributed by atoms with Crippen LogP contribution in [0.1, 0.15) is 57.7 Å². The lowest BCUT2D eigenvalue weighted by Gasteiger charge is -2.18. The molecule has 172 valence electrons. The molecule has 9 heteroatoms. The first kappa shape index (κ1) is 22.7. The van der Waals surface area contributed by atoms with Gasteiger partial charge in [-0.3, -0.25) is 0 Å². The highest BCUT2D eigenvalue weighted by Crippen LogP contribution is 2.33. The van der Waals surface area contributed by atoms with Crippen molar-refractivity contribution in [3.8, 4) is 22.5 Å². The Balaban J connectivity index is 1.64. The fourth-order valence-corrected chi connectivity index (χ4v) is 3.76. The molecule has 7 nitrogen and oxygen atoms in total. The van der Waals surface area contributed by atoms with Gasteiger partial charge in [-0.05, 0) is 28.3 Å². The number of rotatable bonds is 7. The molecule has 4 rings (SSSR count). The Bertz CT molecular complexity index is 1210. The highest BCUT2D eigenvalue weighted by molar-refractivity contribution is 5.80. The van der Waals surface area contributed by atoms with Crippen LogP contribution in [0.15, 0.2) is 48.5 Å². The second-order valence-corrected chi connectivity index (χ2v) is 9.10. The Morgan fingerprint density at radius 1 is 0.970 bits per heavy atom. The van der Waals surface area contributed by atoms with Gasteiger partial charge in [-0.2, -0.15) is 14.0 Å². The number of nitrogens with one attached hydrogen (secondary N) is 1. The van der Waals surface area contributed by atoms with Crippen molar-refractivity contribution in [2.75, 3.05) is 0 Å². The number of aromatic nitrogens is 7. The lowest BCUT2D eigenvalue weighted by Crippen LogP contribution is -2.20. The smallest absolute Gasteiger partial charge is 0.245 e. The maximum absolute atomic E-state index is 14.5. The highest BCUT2D eigenvalue weighted by atomic mass is 19.3. The van der Waals surface area contributed by atoms with Gasteiger partial charge in [0, 0.05) is 17.4 Å². The molecule has 2 aromatic carbocycles. The van der Waals surface area contributed by atoms with Crippen LogP contribution in [0, 0.1) is 0 Å². The summed E-state index contributed by atoms with van der Waals surface area (Å²) in [5.74, 6) is -2.38. The molecule has 0 radical (unpaired) electrons. The van der Waals surface area contributed by atoms with E-state index in [1.54, 1.807) is 11.6 Å². The van der Waals surface area contributed by atoms with Gasteiger partial charge in [0.15, 0.2) is 0 Å². The summed E-state index contributed by atoms with van der Waals surface area (Å²) in [6.07, 6.45) is 0.0915. The van der Waals surface area contributed by atoms with E-state index in [4.69, 9.17) is 0 Å². The first-order chi connectivity index (χ1) is 15.7. The average molecular weight is 452 g/mol. The van der Waals surface area contributed by atoms with Gasteiger partial charge < -0.3 is 0 Å². The molecule has 0 saturated carbocycles. The summed E-state index contributed by atoms with van der Waals surface area (Å²) in [4.78, 5) is 4.25. The van der Waals surface area contributed by atoms with E-state index in [0.29, 0.717) is 24.6 Å². The minimum Gasteiger partial charge on any atom is -0.245 e. The fraction of sp³-hybridized carbons (Fsp3) is 0.375. The first-order valence-corrected chi connectivity index (χ1v) is 10.9. The van der Waals surface area contributed by atoms with Crippen LogP contribution in [0.4, 0.5) is 8.78 Å². The van der Waals surface area contributed by atoms with Crippen molar-refractivity contribution in [3.05, 3.63) is 65.7 Å². The lowest BCUT2D eigenvalue weighted by molar-refractivity contribution is -0.0232. The monoisotopic (exact) mass is 451 g/mol. The van der Waals surface area contributed by atoms with Crippen LogP contribution in [-0.4, -0.2) is 35.4 Å². The third kappa shape index (κ3) is 4.81. The van der Waals surface area contributed by atoms with Crippen LogP contribution in [-0.2, 0) is 17.9 Å². The number of alkyl halides is 2. The third-order valence-electron chi connectivity index (χ3n) is 5.34. The molecular weight excluding hydrogens is 424 g/mol. The molecule has 0 fully saturated rings. The van der Waals surface area contributed by atoms with E-state index in [-0.39, 0.29) is 6.42 Å². The van der Waals surface area contributed by atoms with Gasteiger partial charge in [-0.1, -0.05) is 76.2 Å². The van der Waals surface area contributed by atoms with E-state index in [1.165, 1.54) is 0 Å². The number of benzene rings is 2. The Kier molecular flexibility index (Phi) is 6.05. The number of aromatic amines is 1. The van der Waals surface area contributed by atoms with Gasteiger partial charge in [0.2, 0.25) is 11.6 Å². The maximum atomic E-state index is 14.5. The summed E-state index contributed by atoms with van der Waals surface area (Å²) < 4.78 is 30.6. The van der Waals surface area contributed by atoms with Crippen LogP contribution >= 0.6 is 0 Å². The fourth-order valence-electron chi connectivity index (χ4n) is 3.76.